The molecule has 0 aliphatic rings. The monoisotopic (exact) mass is 281 g/mol. The second-order valence-electron chi connectivity index (χ2n) is 3.36. The number of halogens is 1. The highest BCUT2D eigenvalue weighted by molar-refractivity contribution is 6.30. The van der Waals surface area contributed by atoms with Crippen LogP contribution in [0.25, 0.3) is 0 Å². The van der Waals surface area contributed by atoms with E-state index in [0.29, 0.717) is 17.4 Å². The third kappa shape index (κ3) is 3.67. The van der Waals surface area contributed by atoms with Crippen molar-refractivity contribution in [2.45, 2.75) is 6.92 Å². The van der Waals surface area contributed by atoms with E-state index < -0.39 is 0 Å². The van der Waals surface area contributed by atoms with Crippen molar-refractivity contribution in [1.82, 2.24) is 15.0 Å². The minimum absolute atomic E-state index is 0.0636. The molecule has 0 unspecified atom stereocenters. The zero-order valence-corrected chi connectivity index (χ0v) is 10.9. The molecule has 0 fully saturated rings. The Morgan fingerprint density at radius 1 is 1.26 bits per heavy atom. The van der Waals surface area contributed by atoms with E-state index in [-0.39, 0.29) is 18.0 Å². The standard InChI is InChI=1S/C11H12ClN5O2/c1-2-18-10-14-9(17-13)15-11(16-10)19-8-5-3-4-7(12)6-8/h3-6H,2,13H2,1H3,(H,14,15,16,17). The van der Waals surface area contributed by atoms with Gasteiger partial charge < -0.3 is 9.47 Å². The highest BCUT2D eigenvalue weighted by Gasteiger charge is 2.08. The maximum Gasteiger partial charge on any atom is 0.330 e. The van der Waals surface area contributed by atoms with Crippen LogP contribution in [0, 0.1) is 0 Å². The smallest absolute Gasteiger partial charge is 0.330 e. The summed E-state index contributed by atoms with van der Waals surface area (Å²) in [6, 6.07) is 7.05. The Morgan fingerprint density at radius 3 is 2.74 bits per heavy atom. The number of nitrogens with zero attached hydrogens (tertiary/aromatic N) is 3. The summed E-state index contributed by atoms with van der Waals surface area (Å²) < 4.78 is 10.7. The van der Waals surface area contributed by atoms with Gasteiger partial charge in [0, 0.05) is 5.02 Å². The quantitative estimate of drug-likeness (QED) is 0.639. The molecule has 19 heavy (non-hydrogen) atoms. The van der Waals surface area contributed by atoms with Gasteiger partial charge in [-0.2, -0.15) is 9.97 Å². The molecule has 1 heterocycles. The molecular weight excluding hydrogens is 270 g/mol. The lowest BCUT2D eigenvalue weighted by Crippen LogP contribution is -2.12. The van der Waals surface area contributed by atoms with Crippen molar-refractivity contribution in [3.8, 4) is 17.8 Å². The number of aromatic nitrogens is 3. The molecule has 0 amide bonds. The fourth-order valence-corrected chi connectivity index (χ4v) is 1.46. The number of benzene rings is 1. The Balaban J connectivity index is 2.26. The predicted octanol–water partition coefficient (Wildman–Crippen LogP) is 2.00. The van der Waals surface area contributed by atoms with Gasteiger partial charge in [-0.15, -0.1) is 4.98 Å². The molecule has 0 saturated heterocycles. The molecule has 0 bridgehead atoms. The van der Waals surface area contributed by atoms with Crippen molar-refractivity contribution in [3.63, 3.8) is 0 Å². The summed E-state index contributed by atoms with van der Waals surface area (Å²) in [7, 11) is 0. The van der Waals surface area contributed by atoms with Crippen LogP contribution in [0.4, 0.5) is 5.95 Å². The lowest BCUT2D eigenvalue weighted by atomic mass is 10.3. The van der Waals surface area contributed by atoms with Crippen LogP contribution in [0.15, 0.2) is 24.3 Å². The molecular formula is C11H12ClN5O2. The highest BCUT2D eigenvalue weighted by atomic mass is 35.5. The van der Waals surface area contributed by atoms with E-state index in [1.165, 1.54) is 0 Å². The van der Waals surface area contributed by atoms with Crippen LogP contribution in [-0.2, 0) is 0 Å². The highest BCUT2D eigenvalue weighted by Crippen LogP contribution is 2.23. The summed E-state index contributed by atoms with van der Waals surface area (Å²) in [6.07, 6.45) is 0. The Labute approximate surface area is 114 Å². The molecule has 100 valence electrons. The first-order valence-corrected chi connectivity index (χ1v) is 5.88. The number of ether oxygens (including phenoxy) is 2. The SMILES string of the molecule is CCOc1nc(NN)nc(Oc2cccc(Cl)c2)n1. The number of hydrogen-bond acceptors (Lipinski definition) is 7. The van der Waals surface area contributed by atoms with E-state index in [1.807, 2.05) is 6.92 Å². The van der Waals surface area contributed by atoms with Gasteiger partial charge in [0.05, 0.1) is 6.61 Å². The molecule has 1 aromatic carbocycles. The zero-order chi connectivity index (χ0) is 13.7. The largest absolute Gasteiger partial charge is 0.464 e. The van der Waals surface area contributed by atoms with Crippen molar-refractivity contribution in [2.75, 3.05) is 12.0 Å². The minimum Gasteiger partial charge on any atom is -0.464 e. The number of anilines is 1. The summed E-state index contributed by atoms with van der Waals surface area (Å²) in [5.41, 5.74) is 2.32. The fourth-order valence-electron chi connectivity index (χ4n) is 1.28. The van der Waals surface area contributed by atoms with Crippen LogP contribution < -0.4 is 20.7 Å². The molecule has 0 saturated carbocycles. The summed E-state index contributed by atoms with van der Waals surface area (Å²) in [4.78, 5) is 11.9. The van der Waals surface area contributed by atoms with E-state index in [1.54, 1.807) is 24.3 Å². The van der Waals surface area contributed by atoms with Gasteiger partial charge in [0.1, 0.15) is 5.75 Å². The van der Waals surface area contributed by atoms with Crippen molar-refractivity contribution in [1.29, 1.82) is 0 Å². The lowest BCUT2D eigenvalue weighted by molar-refractivity contribution is 0.304. The third-order valence-corrected chi connectivity index (χ3v) is 2.24. The van der Waals surface area contributed by atoms with Gasteiger partial charge in [0.25, 0.3) is 0 Å². The van der Waals surface area contributed by atoms with Gasteiger partial charge in [-0.1, -0.05) is 17.7 Å². The topological polar surface area (TPSA) is 95.2 Å². The Morgan fingerprint density at radius 2 is 2.05 bits per heavy atom. The van der Waals surface area contributed by atoms with Gasteiger partial charge in [0.2, 0.25) is 5.95 Å². The minimum atomic E-state index is 0.0636. The van der Waals surface area contributed by atoms with Gasteiger partial charge in [0.15, 0.2) is 0 Å². The second kappa shape index (κ2) is 6.17. The first-order valence-electron chi connectivity index (χ1n) is 5.50. The normalized spacial score (nSPS) is 10.1. The number of nitrogens with one attached hydrogen (secondary N) is 1. The fraction of sp³-hybridized carbons (Fsp3) is 0.182. The van der Waals surface area contributed by atoms with Crippen molar-refractivity contribution < 1.29 is 9.47 Å². The molecule has 0 atom stereocenters. The molecule has 1 aromatic heterocycles. The third-order valence-electron chi connectivity index (χ3n) is 2.00. The van der Waals surface area contributed by atoms with Gasteiger partial charge in [-0.3, -0.25) is 5.43 Å². The van der Waals surface area contributed by atoms with E-state index in [9.17, 15) is 0 Å². The first kappa shape index (κ1) is 13.3. The lowest BCUT2D eigenvalue weighted by Gasteiger charge is -2.07. The second-order valence-corrected chi connectivity index (χ2v) is 3.80. The Hall–Kier alpha value is -2.12. The molecule has 0 radical (unpaired) electrons. The zero-order valence-electron chi connectivity index (χ0n) is 10.1. The van der Waals surface area contributed by atoms with Crippen LogP contribution >= 0.6 is 11.6 Å². The van der Waals surface area contributed by atoms with Crippen LogP contribution in [0.3, 0.4) is 0 Å². The summed E-state index contributed by atoms with van der Waals surface area (Å²) in [6.45, 7) is 2.24. The van der Waals surface area contributed by atoms with E-state index in [0.717, 1.165) is 0 Å². The number of nitrogens with two attached hydrogens (primary N) is 1. The van der Waals surface area contributed by atoms with Crippen molar-refractivity contribution in [2.24, 2.45) is 5.84 Å². The molecule has 3 N–H and O–H groups in total. The van der Waals surface area contributed by atoms with E-state index in [4.69, 9.17) is 26.9 Å². The van der Waals surface area contributed by atoms with Crippen LogP contribution in [0.2, 0.25) is 5.02 Å². The predicted molar refractivity (Wildman–Crippen MR) is 70.3 cm³/mol. The van der Waals surface area contributed by atoms with Crippen molar-refractivity contribution in [3.05, 3.63) is 29.3 Å². The van der Waals surface area contributed by atoms with Gasteiger partial charge in [-0.25, -0.2) is 5.84 Å². The van der Waals surface area contributed by atoms with E-state index in [2.05, 4.69) is 20.4 Å². The molecule has 7 nitrogen and oxygen atoms in total. The number of hydrazine groups is 1. The molecule has 0 aliphatic heterocycles. The van der Waals surface area contributed by atoms with Crippen molar-refractivity contribution >= 4 is 17.5 Å². The molecule has 0 aliphatic carbocycles. The Kier molecular flexibility index (Phi) is 4.32. The average molecular weight is 282 g/mol. The van der Waals surface area contributed by atoms with E-state index >= 15 is 0 Å². The average Bonchev–Trinajstić information content (AvgIpc) is 2.39. The molecule has 2 aromatic rings. The summed E-state index contributed by atoms with van der Waals surface area (Å²) >= 11 is 5.86. The maximum absolute atomic E-state index is 5.86. The maximum atomic E-state index is 5.86. The Bertz CT molecular complexity index is 567. The van der Waals surface area contributed by atoms with Crippen LogP contribution in [0.1, 0.15) is 6.92 Å². The summed E-state index contributed by atoms with van der Waals surface area (Å²) in [5.74, 6) is 5.92. The van der Waals surface area contributed by atoms with Crippen LogP contribution in [-0.4, -0.2) is 21.6 Å². The van der Waals surface area contributed by atoms with Gasteiger partial charge >= 0.3 is 12.0 Å². The number of rotatable bonds is 5. The van der Waals surface area contributed by atoms with Gasteiger partial charge in [-0.05, 0) is 25.1 Å². The summed E-state index contributed by atoms with van der Waals surface area (Å²) in [5, 5.41) is 0.550. The molecule has 0 spiro atoms. The van der Waals surface area contributed by atoms with Crippen LogP contribution in [0.5, 0.6) is 17.8 Å². The number of hydrogen-bond donors (Lipinski definition) is 2. The first-order chi connectivity index (χ1) is 9.21. The number of nitrogen functional groups attached to an aromatic ring is 1. The molecule has 8 heteroatoms. The molecule has 2 rings (SSSR count).